The molecule has 0 spiro atoms. The number of aliphatic hydroxyl groups excluding tert-OH is 3. The number of esters is 3. The van der Waals surface area contributed by atoms with Gasteiger partial charge in [0.15, 0.2) is 6.29 Å². The van der Waals surface area contributed by atoms with Crippen molar-refractivity contribution in [2.45, 2.75) is 83.5 Å². The molecule has 3 aliphatic heterocycles. The Morgan fingerprint density at radius 1 is 1.08 bits per heavy atom. The van der Waals surface area contributed by atoms with Crippen LogP contribution in [0.4, 0.5) is 0 Å². The summed E-state index contributed by atoms with van der Waals surface area (Å²) in [6.45, 7) is 5.04. The van der Waals surface area contributed by atoms with E-state index < -0.39 is 67.4 Å². The summed E-state index contributed by atoms with van der Waals surface area (Å²) in [4.78, 5) is 37.7. The third-order valence-corrected chi connectivity index (χ3v) is 7.10. The van der Waals surface area contributed by atoms with Crippen LogP contribution in [0.25, 0.3) is 0 Å². The van der Waals surface area contributed by atoms with Crippen LogP contribution in [0.5, 0.6) is 0 Å². The highest BCUT2D eigenvalue weighted by Gasteiger charge is 2.47. The number of allylic oxidation sites excluding steroid dienone is 2. The van der Waals surface area contributed by atoms with Gasteiger partial charge in [-0.3, -0.25) is 4.79 Å². The van der Waals surface area contributed by atoms with Crippen LogP contribution >= 0.6 is 0 Å². The zero-order chi connectivity index (χ0) is 28.7. The molecule has 12 heteroatoms. The normalized spacial score (nSPS) is 37.8. The molecule has 8 atom stereocenters. The van der Waals surface area contributed by atoms with E-state index in [4.69, 9.17) is 28.4 Å². The SMILES string of the molecule is CC=C1C2CC(=O)OCCC(C)CC/C=C(\C)C(=O)OC[C@H]3O[C@@H](O[C@@H]1OC=C2C(=O)OC)[C@H](O)[C@@H](O)[C@@H]3O. The summed E-state index contributed by atoms with van der Waals surface area (Å²) in [7, 11) is 1.20. The van der Waals surface area contributed by atoms with Crippen LogP contribution in [-0.2, 0) is 42.8 Å². The number of rotatable bonds is 1. The van der Waals surface area contributed by atoms with Crippen molar-refractivity contribution in [3.05, 3.63) is 35.1 Å². The molecule has 12 nitrogen and oxygen atoms in total. The monoisotopic (exact) mass is 554 g/mol. The molecule has 3 N–H and O–H groups in total. The Kier molecular flexibility index (Phi) is 11.1. The van der Waals surface area contributed by atoms with Crippen LogP contribution in [0.2, 0.25) is 0 Å². The van der Waals surface area contributed by atoms with Crippen LogP contribution in [0.3, 0.4) is 0 Å². The van der Waals surface area contributed by atoms with E-state index in [2.05, 4.69) is 0 Å². The van der Waals surface area contributed by atoms with Crippen LogP contribution in [0.15, 0.2) is 35.1 Å². The molecule has 0 saturated carbocycles. The second-order valence-corrected chi connectivity index (χ2v) is 9.91. The number of cyclic esters (lactones) is 2. The smallest absolute Gasteiger partial charge is 0.337 e. The first-order chi connectivity index (χ1) is 18.6. The number of carbonyl (C=O) groups excluding carboxylic acids is 3. The number of fused-ring (bicyclic) bond motifs is 4. The molecule has 2 unspecified atom stereocenters. The van der Waals surface area contributed by atoms with Gasteiger partial charge in [0.25, 0.3) is 0 Å². The van der Waals surface area contributed by atoms with Gasteiger partial charge >= 0.3 is 17.9 Å². The quantitative estimate of drug-likeness (QED) is 0.240. The fourth-order valence-corrected chi connectivity index (χ4v) is 4.60. The van der Waals surface area contributed by atoms with E-state index >= 15 is 0 Å². The van der Waals surface area contributed by atoms with Crippen molar-refractivity contribution in [1.29, 1.82) is 0 Å². The van der Waals surface area contributed by atoms with E-state index in [0.717, 1.165) is 12.7 Å². The minimum absolute atomic E-state index is 0.0745. The summed E-state index contributed by atoms with van der Waals surface area (Å²) >= 11 is 0. The van der Waals surface area contributed by atoms with Crippen LogP contribution in [0.1, 0.15) is 46.5 Å². The summed E-state index contributed by atoms with van der Waals surface area (Å²) in [5.41, 5.74) is 0.803. The Hall–Kier alpha value is -2.77. The number of hydrogen-bond donors (Lipinski definition) is 3. The van der Waals surface area contributed by atoms with E-state index in [1.54, 1.807) is 26.0 Å². The van der Waals surface area contributed by atoms with Gasteiger partial charge in [0.1, 0.15) is 31.0 Å². The third-order valence-electron chi connectivity index (χ3n) is 7.10. The van der Waals surface area contributed by atoms with Gasteiger partial charge in [0.05, 0.1) is 32.0 Å². The first kappa shape index (κ1) is 30.8. The van der Waals surface area contributed by atoms with Crippen molar-refractivity contribution in [2.24, 2.45) is 11.8 Å². The van der Waals surface area contributed by atoms with Gasteiger partial charge < -0.3 is 43.7 Å². The lowest BCUT2D eigenvalue weighted by Gasteiger charge is -2.42. The first-order valence-corrected chi connectivity index (χ1v) is 13.0. The van der Waals surface area contributed by atoms with Gasteiger partial charge in [-0.05, 0) is 39.0 Å². The summed E-state index contributed by atoms with van der Waals surface area (Å²) in [6.07, 6.45) is -2.72. The number of carbonyl (C=O) groups is 3. The molecule has 39 heavy (non-hydrogen) atoms. The zero-order valence-electron chi connectivity index (χ0n) is 22.6. The number of hydrogen-bond acceptors (Lipinski definition) is 12. The fourth-order valence-electron chi connectivity index (χ4n) is 4.60. The van der Waals surface area contributed by atoms with Crippen LogP contribution in [0, 0.1) is 11.8 Å². The second-order valence-electron chi connectivity index (χ2n) is 9.91. The molecule has 0 aliphatic carbocycles. The molecule has 3 rings (SSSR count). The number of aliphatic hydroxyl groups is 3. The lowest BCUT2D eigenvalue weighted by atomic mass is 9.86. The summed E-state index contributed by atoms with van der Waals surface area (Å²) in [5.74, 6) is -2.47. The molecule has 0 aromatic carbocycles. The Balaban J connectivity index is 1.91. The van der Waals surface area contributed by atoms with Crippen molar-refractivity contribution in [2.75, 3.05) is 20.3 Å². The van der Waals surface area contributed by atoms with Crippen molar-refractivity contribution >= 4 is 17.9 Å². The maximum absolute atomic E-state index is 12.8. The first-order valence-electron chi connectivity index (χ1n) is 13.0. The largest absolute Gasteiger partial charge is 0.468 e. The average molecular weight is 555 g/mol. The predicted octanol–water partition coefficient (Wildman–Crippen LogP) is 1.03. The van der Waals surface area contributed by atoms with E-state index in [1.807, 2.05) is 6.92 Å². The summed E-state index contributed by atoms with van der Waals surface area (Å²) in [5, 5.41) is 31.4. The minimum atomic E-state index is -1.69. The van der Waals surface area contributed by atoms with Gasteiger partial charge in [0.2, 0.25) is 6.29 Å². The Labute approximate surface area is 227 Å². The second kappa shape index (κ2) is 14.0. The third kappa shape index (κ3) is 7.67. The molecular formula is C27H38O12. The highest BCUT2D eigenvalue weighted by Crippen LogP contribution is 2.36. The lowest BCUT2D eigenvalue weighted by molar-refractivity contribution is -0.328. The highest BCUT2D eigenvalue weighted by atomic mass is 16.8. The molecule has 1 saturated heterocycles. The molecule has 0 amide bonds. The Morgan fingerprint density at radius 2 is 1.82 bits per heavy atom. The molecule has 4 bridgehead atoms. The van der Waals surface area contributed by atoms with Gasteiger partial charge in [-0.1, -0.05) is 19.1 Å². The Morgan fingerprint density at radius 3 is 2.51 bits per heavy atom. The summed E-state index contributed by atoms with van der Waals surface area (Å²) in [6, 6.07) is 0. The molecule has 3 aliphatic rings. The molecule has 3 heterocycles. The van der Waals surface area contributed by atoms with Crippen molar-refractivity contribution < 1.29 is 58.1 Å². The molecule has 218 valence electrons. The zero-order valence-corrected chi connectivity index (χ0v) is 22.6. The maximum Gasteiger partial charge on any atom is 0.337 e. The molecule has 0 aromatic heterocycles. The van der Waals surface area contributed by atoms with Crippen molar-refractivity contribution in [3.8, 4) is 0 Å². The van der Waals surface area contributed by atoms with E-state index in [1.165, 1.54) is 7.11 Å². The maximum atomic E-state index is 12.8. The topological polar surface area (TPSA) is 167 Å². The van der Waals surface area contributed by atoms with Crippen LogP contribution < -0.4 is 0 Å². The molecular weight excluding hydrogens is 516 g/mol. The van der Waals surface area contributed by atoms with Crippen molar-refractivity contribution in [1.82, 2.24) is 0 Å². The molecule has 0 radical (unpaired) electrons. The lowest BCUT2D eigenvalue weighted by Crippen LogP contribution is -2.60. The molecule has 0 aromatic rings. The molecule has 1 fully saturated rings. The Bertz CT molecular complexity index is 985. The standard InChI is InChI=1S/C27H38O12/c1-5-16-17-11-20(28)35-10-9-14(2)7-6-8-15(3)24(32)36-13-19-21(29)22(30)23(31)27(38-19)39-26(16)37-12-18(17)25(33)34-4/h5,8,12,14,17,19,21-23,26-27,29-31H,6-7,9-11,13H2,1-4H3/b15-8+,16-5?/t14?,17?,19-,21-,22+,23-,26+,27+/m1/s1. The van der Waals surface area contributed by atoms with E-state index in [9.17, 15) is 29.7 Å². The van der Waals surface area contributed by atoms with Gasteiger partial charge in [-0.15, -0.1) is 0 Å². The number of methoxy groups -OCH3 is 1. The van der Waals surface area contributed by atoms with Crippen molar-refractivity contribution in [3.63, 3.8) is 0 Å². The van der Waals surface area contributed by atoms with E-state index in [-0.39, 0.29) is 24.5 Å². The van der Waals surface area contributed by atoms with Gasteiger partial charge in [-0.2, -0.15) is 0 Å². The fraction of sp³-hybridized carbons (Fsp3) is 0.667. The number of ether oxygens (including phenoxy) is 6. The predicted molar refractivity (Wildman–Crippen MR) is 133 cm³/mol. The average Bonchev–Trinajstić information content (AvgIpc) is 2.91. The highest BCUT2D eigenvalue weighted by molar-refractivity contribution is 5.90. The van der Waals surface area contributed by atoms with Gasteiger partial charge in [0, 0.05) is 17.1 Å². The van der Waals surface area contributed by atoms with E-state index in [0.29, 0.717) is 24.0 Å². The van der Waals surface area contributed by atoms with Crippen LogP contribution in [-0.4, -0.2) is 90.5 Å². The van der Waals surface area contributed by atoms with Gasteiger partial charge in [-0.25, -0.2) is 9.59 Å². The summed E-state index contributed by atoms with van der Waals surface area (Å²) < 4.78 is 32.7. The minimum Gasteiger partial charge on any atom is -0.468 e.